The quantitative estimate of drug-likeness (QED) is 0.386. The Morgan fingerprint density at radius 2 is 1.65 bits per heavy atom. The Kier molecular flexibility index (Phi) is 5.66. The van der Waals surface area contributed by atoms with Crippen molar-refractivity contribution in [2.45, 2.75) is 11.4 Å². The first-order valence-electron chi connectivity index (χ1n) is 10.3. The smallest absolute Gasteiger partial charge is 0.239 e. The molecule has 34 heavy (non-hydrogen) atoms. The molecule has 0 amide bonds. The summed E-state index contributed by atoms with van der Waals surface area (Å²) in [5, 5.41) is 9.44. The molecule has 3 aromatic heterocycles. The largest absolute Gasteiger partial charge is 0.362 e. The van der Waals surface area contributed by atoms with Gasteiger partial charge in [0.1, 0.15) is 16.5 Å². The Balaban J connectivity index is 1.69. The molecule has 0 bridgehead atoms. The van der Waals surface area contributed by atoms with E-state index in [1.807, 2.05) is 48.5 Å². The summed E-state index contributed by atoms with van der Waals surface area (Å²) in [6.07, 6.45) is 6.04. The fourth-order valence-corrected chi connectivity index (χ4v) is 4.08. The normalized spacial score (nSPS) is 11.4. The summed E-state index contributed by atoms with van der Waals surface area (Å²) in [4.78, 5) is 21.9. The number of aromatic nitrogens is 5. The molecule has 0 spiro atoms. The van der Waals surface area contributed by atoms with Crippen molar-refractivity contribution in [2.24, 2.45) is 5.14 Å². The average molecular weight is 470 g/mol. The first-order valence-corrected chi connectivity index (χ1v) is 11.9. The highest BCUT2D eigenvalue weighted by atomic mass is 32.2. The second-order valence-electron chi connectivity index (χ2n) is 7.43. The molecule has 10 heteroatoms. The Morgan fingerprint density at radius 3 is 2.41 bits per heavy atom. The summed E-state index contributed by atoms with van der Waals surface area (Å²) in [7, 11) is -3.93. The van der Waals surface area contributed by atoms with E-state index < -0.39 is 10.0 Å². The molecule has 0 atom stereocenters. The molecule has 0 radical (unpaired) electrons. The number of pyridine rings is 1. The van der Waals surface area contributed by atoms with Crippen LogP contribution in [0.3, 0.4) is 0 Å². The number of fused-ring (bicyclic) bond motifs is 1. The predicted molar refractivity (Wildman–Crippen MR) is 129 cm³/mol. The number of hydrogen-bond donors (Lipinski definition) is 2. The molecule has 0 saturated carbocycles. The molecule has 0 aliphatic rings. The van der Waals surface area contributed by atoms with Crippen LogP contribution in [0.2, 0.25) is 0 Å². The summed E-state index contributed by atoms with van der Waals surface area (Å²) in [6.45, 7) is 0.338. The Hall–Kier alpha value is -4.28. The Labute approximate surface area is 195 Å². The monoisotopic (exact) mass is 469 g/mol. The molecule has 5 aromatic rings. The van der Waals surface area contributed by atoms with Gasteiger partial charge in [-0.15, -0.1) is 0 Å². The number of primary sulfonamides is 1. The first-order chi connectivity index (χ1) is 16.5. The third kappa shape index (κ3) is 4.45. The first kappa shape index (κ1) is 21.6. The van der Waals surface area contributed by atoms with Crippen LogP contribution in [0.1, 0.15) is 5.82 Å². The van der Waals surface area contributed by atoms with Crippen molar-refractivity contribution in [3.8, 4) is 22.5 Å². The van der Waals surface area contributed by atoms with Gasteiger partial charge in [-0.05, 0) is 29.3 Å². The zero-order chi connectivity index (χ0) is 23.5. The second-order valence-corrected chi connectivity index (χ2v) is 9.00. The second kappa shape index (κ2) is 8.93. The topological polar surface area (TPSA) is 137 Å². The van der Waals surface area contributed by atoms with Gasteiger partial charge >= 0.3 is 0 Å². The van der Waals surface area contributed by atoms with Crippen molar-refractivity contribution in [1.82, 2.24) is 24.9 Å². The molecular weight excluding hydrogens is 450 g/mol. The zero-order valence-corrected chi connectivity index (χ0v) is 18.6. The molecule has 0 aliphatic heterocycles. The van der Waals surface area contributed by atoms with Crippen LogP contribution in [0.25, 0.3) is 33.4 Å². The minimum Gasteiger partial charge on any atom is -0.362 e. The summed E-state index contributed by atoms with van der Waals surface area (Å²) in [5.74, 6) is 1.48. The van der Waals surface area contributed by atoms with Crippen molar-refractivity contribution >= 4 is 26.7 Å². The summed E-state index contributed by atoms with van der Waals surface area (Å²) in [6, 6.07) is 18.9. The number of benzene rings is 2. The molecule has 168 valence electrons. The van der Waals surface area contributed by atoms with E-state index in [4.69, 9.17) is 15.1 Å². The van der Waals surface area contributed by atoms with E-state index >= 15 is 0 Å². The van der Waals surface area contributed by atoms with E-state index in [-0.39, 0.29) is 4.90 Å². The van der Waals surface area contributed by atoms with Gasteiger partial charge in [-0.25, -0.2) is 33.5 Å². The average Bonchev–Trinajstić information content (AvgIpc) is 2.87. The minimum absolute atomic E-state index is 0.112. The molecule has 3 N–H and O–H groups in total. The lowest BCUT2D eigenvalue weighted by atomic mass is 10.0. The summed E-state index contributed by atoms with van der Waals surface area (Å²) < 4.78 is 23.7. The van der Waals surface area contributed by atoms with E-state index in [9.17, 15) is 8.42 Å². The summed E-state index contributed by atoms with van der Waals surface area (Å²) >= 11 is 0. The molecule has 0 fully saturated rings. The highest BCUT2D eigenvalue weighted by Gasteiger charge is 2.16. The fraction of sp³-hybridized carbons (Fsp3) is 0.0417. The van der Waals surface area contributed by atoms with Crippen LogP contribution >= 0.6 is 0 Å². The fourth-order valence-electron chi connectivity index (χ4n) is 3.58. The van der Waals surface area contributed by atoms with Gasteiger partial charge in [0.25, 0.3) is 0 Å². The Morgan fingerprint density at radius 1 is 0.853 bits per heavy atom. The van der Waals surface area contributed by atoms with Gasteiger partial charge in [0, 0.05) is 30.4 Å². The van der Waals surface area contributed by atoms with Crippen LogP contribution in [-0.2, 0) is 16.6 Å². The number of nitrogens with zero attached hydrogens (tertiary/aromatic N) is 5. The van der Waals surface area contributed by atoms with E-state index in [0.29, 0.717) is 35.1 Å². The van der Waals surface area contributed by atoms with Gasteiger partial charge in [0.15, 0.2) is 5.82 Å². The minimum atomic E-state index is -3.93. The standard InChI is InChI=1S/C24H19N7O2S/c25-34(32,33)18-12-17(13-26-14-18)23-30-20-9-4-8-19(16-6-2-1-3-7-16)22(20)24(31-23)29-15-21-27-10-5-11-28-21/h1-14H,15H2,(H2,25,32,33)(H,29,30,31). The van der Waals surface area contributed by atoms with Crippen LogP contribution < -0.4 is 10.5 Å². The predicted octanol–water partition coefficient (Wildman–Crippen LogP) is 3.41. The van der Waals surface area contributed by atoms with Crippen molar-refractivity contribution in [3.05, 3.63) is 91.3 Å². The number of rotatable bonds is 6. The summed E-state index contributed by atoms with van der Waals surface area (Å²) in [5.41, 5.74) is 3.08. The maximum absolute atomic E-state index is 11.8. The lowest BCUT2D eigenvalue weighted by molar-refractivity contribution is 0.597. The van der Waals surface area contributed by atoms with Gasteiger partial charge in [0.05, 0.1) is 17.4 Å². The number of sulfonamides is 1. The van der Waals surface area contributed by atoms with Crippen LogP contribution in [0, 0.1) is 0 Å². The van der Waals surface area contributed by atoms with Crippen LogP contribution in [0.4, 0.5) is 5.82 Å². The van der Waals surface area contributed by atoms with E-state index in [1.165, 1.54) is 18.5 Å². The van der Waals surface area contributed by atoms with Crippen LogP contribution in [-0.4, -0.2) is 33.3 Å². The third-order valence-electron chi connectivity index (χ3n) is 5.14. The number of nitrogens with one attached hydrogen (secondary N) is 1. The third-order valence-corrected chi connectivity index (χ3v) is 6.02. The molecule has 5 rings (SSSR count). The van der Waals surface area contributed by atoms with E-state index in [0.717, 1.165) is 16.5 Å². The molecular formula is C24H19N7O2S. The van der Waals surface area contributed by atoms with Crippen molar-refractivity contribution in [3.63, 3.8) is 0 Å². The molecule has 9 nitrogen and oxygen atoms in total. The molecule has 3 heterocycles. The highest BCUT2D eigenvalue weighted by Crippen LogP contribution is 2.34. The SMILES string of the molecule is NS(=O)(=O)c1cncc(-c2nc(NCc3ncccn3)c3c(-c4ccccc4)cccc3n2)c1. The maximum atomic E-state index is 11.8. The molecule has 0 aliphatic carbocycles. The number of nitrogens with two attached hydrogens (primary N) is 1. The van der Waals surface area contributed by atoms with Gasteiger partial charge in [0.2, 0.25) is 10.0 Å². The van der Waals surface area contributed by atoms with Gasteiger partial charge in [-0.3, -0.25) is 4.98 Å². The van der Waals surface area contributed by atoms with Gasteiger partial charge in [-0.1, -0.05) is 42.5 Å². The Bertz CT molecular complexity index is 1580. The van der Waals surface area contributed by atoms with Gasteiger partial charge < -0.3 is 5.32 Å². The number of anilines is 1. The lowest BCUT2D eigenvalue weighted by Gasteiger charge is -2.14. The lowest BCUT2D eigenvalue weighted by Crippen LogP contribution is -2.12. The highest BCUT2D eigenvalue weighted by molar-refractivity contribution is 7.89. The zero-order valence-electron chi connectivity index (χ0n) is 17.8. The molecule has 2 aromatic carbocycles. The van der Waals surface area contributed by atoms with Crippen molar-refractivity contribution in [1.29, 1.82) is 0 Å². The van der Waals surface area contributed by atoms with Crippen molar-refractivity contribution < 1.29 is 8.42 Å². The molecule has 0 unspecified atom stereocenters. The van der Waals surface area contributed by atoms with E-state index in [1.54, 1.807) is 18.5 Å². The van der Waals surface area contributed by atoms with Gasteiger partial charge in [-0.2, -0.15) is 0 Å². The van der Waals surface area contributed by atoms with E-state index in [2.05, 4.69) is 20.3 Å². The molecule has 0 saturated heterocycles. The number of hydrogen-bond acceptors (Lipinski definition) is 8. The maximum Gasteiger partial charge on any atom is 0.239 e. The van der Waals surface area contributed by atoms with Crippen molar-refractivity contribution in [2.75, 3.05) is 5.32 Å². The van der Waals surface area contributed by atoms with Crippen LogP contribution in [0.15, 0.2) is 90.3 Å². The van der Waals surface area contributed by atoms with Crippen LogP contribution in [0.5, 0.6) is 0 Å².